The Kier molecular flexibility index (Phi) is 6.47. The Labute approximate surface area is 155 Å². The third kappa shape index (κ3) is 5.36. The van der Waals surface area contributed by atoms with Crippen molar-refractivity contribution in [3.05, 3.63) is 24.3 Å². The number of hydrogen-bond acceptors (Lipinski definition) is 5. The Morgan fingerprint density at radius 2 is 1.73 bits per heavy atom. The number of rotatable bonds is 4. The van der Waals surface area contributed by atoms with Crippen LogP contribution in [0.2, 0.25) is 0 Å². The van der Waals surface area contributed by atoms with Gasteiger partial charge in [0.1, 0.15) is 11.4 Å². The van der Waals surface area contributed by atoms with Crippen LogP contribution < -0.4 is 10.1 Å². The van der Waals surface area contributed by atoms with Gasteiger partial charge in [-0.15, -0.1) is 0 Å². The molecule has 1 saturated heterocycles. The van der Waals surface area contributed by atoms with Crippen LogP contribution >= 0.6 is 0 Å². The van der Waals surface area contributed by atoms with E-state index in [0.717, 1.165) is 0 Å². The average molecular weight is 363 g/mol. The highest BCUT2D eigenvalue weighted by atomic mass is 16.6. The molecule has 1 unspecified atom stereocenters. The lowest BCUT2D eigenvalue weighted by Crippen LogP contribution is -2.54. The summed E-state index contributed by atoms with van der Waals surface area (Å²) in [5.41, 5.74) is 0.148. The molecule has 1 atom stereocenters. The molecule has 1 aliphatic rings. The number of piperazine rings is 1. The van der Waals surface area contributed by atoms with Crippen LogP contribution in [0, 0.1) is 0 Å². The molecule has 2 amide bonds. The lowest BCUT2D eigenvalue weighted by Gasteiger charge is -2.37. The van der Waals surface area contributed by atoms with Gasteiger partial charge in [-0.3, -0.25) is 9.69 Å². The van der Waals surface area contributed by atoms with Gasteiger partial charge in [0.2, 0.25) is 5.91 Å². The predicted octanol–water partition coefficient (Wildman–Crippen LogP) is 2.57. The van der Waals surface area contributed by atoms with E-state index in [1.54, 1.807) is 18.1 Å². The maximum atomic E-state index is 12.6. The van der Waals surface area contributed by atoms with Gasteiger partial charge in [0.15, 0.2) is 0 Å². The van der Waals surface area contributed by atoms with Crippen molar-refractivity contribution in [2.75, 3.05) is 38.6 Å². The van der Waals surface area contributed by atoms with E-state index in [1.165, 1.54) is 0 Å². The first-order valence-electron chi connectivity index (χ1n) is 8.87. The van der Waals surface area contributed by atoms with Crippen LogP contribution in [0.15, 0.2) is 24.3 Å². The van der Waals surface area contributed by atoms with Crippen LogP contribution in [-0.2, 0) is 9.53 Å². The number of amides is 2. The zero-order chi connectivity index (χ0) is 19.3. The molecular formula is C19H29N3O4. The molecule has 0 radical (unpaired) electrons. The number of benzene rings is 1. The van der Waals surface area contributed by atoms with Gasteiger partial charge < -0.3 is 19.7 Å². The highest BCUT2D eigenvalue weighted by Crippen LogP contribution is 2.23. The Balaban J connectivity index is 1.88. The second kappa shape index (κ2) is 8.40. The van der Waals surface area contributed by atoms with Crippen molar-refractivity contribution in [3.8, 4) is 5.75 Å². The Hall–Kier alpha value is -2.28. The molecule has 0 aliphatic carbocycles. The summed E-state index contributed by atoms with van der Waals surface area (Å²) < 4.78 is 10.7. The van der Waals surface area contributed by atoms with Gasteiger partial charge >= 0.3 is 6.09 Å². The SMILES string of the molecule is COc1ccccc1NC(=O)C(C)N1CCN(C(=O)OC(C)(C)C)CC1. The van der Waals surface area contributed by atoms with Crippen molar-refractivity contribution in [1.29, 1.82) is 0 Å². The lowest BCUT2D eigenvalue weighted by molar-refractivity contribution is -0.121. The van der Waals surface area contributed by atoms with E-state index in [4.69, 9.17) is 9.47 Å². The lowest BCUT2D eigenvalue weighted by atomic mass is 10.2. The number of nitrogens with one attached hydrogen (secondary N) is 1. The molecule has 0 saturated carbocycles. The van der Waals surface area contributed by atoms with E-state index < -0.39 is 5.60 Å². The summed E-state index contributed by atoms with van der Waals surface area (Å²) in [5.74, 6) is 0.531. The molecule has 0 aromatic heterocycles. The maximum absolute atomic E-state index is 12.6. The monoisotopic (exact) mass is 363 g/mol. The summed E-state index contributed by atoms with van der Waals surface area (Å²) in [6.07, 6.45) is -0.303. The Bertz CT molecular complexity index is 634. The fourth-order valence-electron chi connectivity index (χ4n) is 2.77. The first kappa shape index (κ1) is 20.0. The number of anilines is 1. The minimum Gasteiger partial charge on any atom is -0.495 e. The molecule has 7 heteroatoms. The normalized spacial score (nSPS) is 16.7. The number of carbonyl (C=O) groups is 2. The van der Waals surface area contributed by atoms with E-state index in [9.17, 15) is 9.59 Å². The van der Waals surface area contributed by atoms with Crippen molar-refractivity contribution < 1.29 is 19.1 Å². The van der Waals surface area contributed by atoms with Gasteiger partial charge in [0, 0.05) is 26.2 Å². The van der Waals surface area contributed by atoms with Crippen molar-refractivity contribution in [1.82, 2.24) is 9.80 Å². The van der Waals surface area contributed by atoms with E-state index in [1.807, 2.05) is 45.9 Å². The molecule has 1 aliphatic heterocycles. The molecule has 1 heterocycles. The fraction of sp³-hybridized carbons (Fsp3) is 0.579. The minimum atomic E-state index is -0.504. The molecule has 2 rings (SSSR count). The average Bonchev–Trinajstić information content (AvgIpc) is 2.60. The molecule has 1 N–H and O–H groups in total. The van der Waals surface area contributed by atoms with Crippen molar-refractivity contribution in [2.45, 2.75) is 39.3 Å². The summed E-state index contributed by atoms with van der Waals surface area (Å²) in [5, 5.41) is 2.91. The summed E-state index contributed by atoms with van der Waals surface area (Å²) in [6.45, 7) is 9.76. The molecule has 1 aromatic carbocycles. The number of nitrogens with zero attached hydrogens (tertiary/aromatic N) is 2. The van der Waals surface area contributed by atoms with Gasteiger partial charge in [-0.2, -0.15) is 0 Å². The van der Waals surface area contributed by atoms with Crippen molar-refractivity contribution in [3.63, 3.8) is 0 Å². The van der Waals surface area contributed by atoms with Gasteiger partial charge in [0.25, 0.3) is 0 Å². The molecule has 1 fully saturated rings. The first-order chi connectivity index (χ1) is 12.2. The maximum Gasteiger partial charge on any atom is 0.410 e. The second-order valence-electron chi connectivity index (χ2n) is 7.37. The summed E-state index contributed by atoms with van der Waals surface area (Å²) in [7, 11) is 1.57. The predicted molar refractivity (Wildman–Crippen MR) is 100 cm³/mol. The molecule has 1 aromatic rings. The zero-order valence-corrected chi connectivity index (χ0v) is 16.2. The zero-order valence-electron chi connectivity index (χ0n) is 16.2. The highest BCUT2D eigenvalue weighted by Gasteiger charge is 2.30. The van der Waals surface area contributed by atoms with Crippen molar-refractivity contribution >= 4 is 17.7 Å². The molecule has 26 heavy (non-hydrogen) atoms. The fourth-order valence-corrected chi connectivity index (χ4v) is 2.77. The van der Waals surface area contributed by atoms with E-state index in [2.05, 4.69) is 10.2 Å². The molecule has 7 nitrogen and oxygen atoms in total. The van der Waals surface area contributed by atoms with Crippen LogP contribution in [0.4, 0.5) is 10.5 Å². The largest absolute Gasteiger partial charge is 0.495 e. The van der Waals surface area contributed by atoms with Crippen LogP contribution in [0.1, 0.15) is 27.7 Å². The van der Waals surface area contributed by atoms with E-state index in [-0.39, 0.29) is 18.0 Å². The number of ether oxygens (including phenoxy) is 2. The quantitative estimate of drug-likeness (QED) is 0.890. The number of carbonyl (C=O) groups excluding carboxylic acids is 2. The Morgan fingerprint density at radius 1 is 1.12 bits per heavy atom. The molecule has 144 valence electrons. The minimum absolute atomic E-state index is 0.0970. The van der Waals surface area contributed by atoms with Gasteiger partial charge in [-0.25, -0.2) is 4.79 Å². The third-order valence-electron chi connectivity index (χ3n) is 4.26. The van der Waals surface area contributed by atoms with Gasteiger partial charge in [-0.05, 0) is 39.8 Å². The summed E-state index contributed by atoms with van der Waals surface area (Å²) >= 11 is 0. The summed E-state index contributed by atoms with van der Waals surface area (Å²) in [6, 6.07) is 7.01. The number of hydrogen-bond donors (Lipinski definition) is 1. The highest BCUT2D eigenvalue weighted by molar-refractivity contribution is 5.95. The van der Waals surface area contributed by atoms with Crippen molar-refractivity contribution in [2.24, 2.45) is 0 Å². The number of para-hydroxylation sites is 2. The van der Waals surface area contributed by atoms with Crippen LogP contribution in [-0.4, -0.2) is 66.7 Å². The smallest absolute Gasteiger partial charge is 0.410 e. The van der Waals surface area contributed by atoms with Gasteiger partial charge in [-0.1, -0.05) is 12.1 Å². The topological polar surface area (TPSA) is 71.1 Å². The Morgan fingerprint density at radius 3 is 2.31 bits per heavy atom. The molecule has 0 bridgehead atoms. The molecule has 0 spiro atoms. The first-order valence-corrected chi connectivity index (χ1v) is 8.87. The second-order valence-corrected chi connectivity index (χ2v) is 7.37. The van der Waals surface area contributed by atoms with E-state index >= 15 is 0 Å². The third-order valence-corrected chi connectivity index (χ3v) is 4.26. The van der Waals surface area contributed by atoms with Crippen LogP contribution in [0.25, 0.3) is 0 Å². The van der Waals surface area contributed by atoms with E-state index in [0.29, 0.717) is 37.6 Å². The summed E-state index contributed by atoms with van der Waals surface area (Å²) in [4.78, 5) is 28.4. The van der Waals surface area contributed by atoms with Crippen LogP contribution in [0.3, 0.4) is 0 Å². The van der Waals surface area contributed by atoms with Crippen LogP contribution in [0.5, 0.6) is 5.75 Å². The number of methoxy groups -OCH3 is 1. The van der Waals surface area contributed by atoms with Gasteiger partial charge in [0.05, 0.1) is 18.8 Å². The standard InChI is InChI=1S/C19H29N3O4/c1-14(17(23)20-15-8-6-7-9-16(15)25-5)21-10-12-22(13-11-21)18(24)26-19(2,3)4/h6-9,14H,10-13H2,1-5H3,(H,20,23). The molecular weight excluding hydrogens is 334 g/mol.